The Bertz CT molecular complexity index is 1530. The molecule has 6 unspecified atom stereocenters. The predicted octanol–water partition coefficient (Wildman–Crippen LogP) is 5.47. The fraction of sp³-hybridized carbons (Fsp3) is 0.676. The lowest BCUT2D eigenvalue weighted by atomic mass is 9.70. The Morgan fingerprint density at radius 1 is 1.22 bits per heavy atom. The number of rotatable bonds is 7. The molecule has 7 rings (SSSR count). The average molecular weight is 645 g/mol. The second-order valence-electron chi connectivity index (χ2n) is 14.2. The molecule has 0 amide bonds. The number of halogens is 3. The van der Waals surface area contributed by atoms with E-state index in [9.17, 15) is 23.5 Å². The number of nitrogens with one attached hydrogen (secondary N) is 1. The molecule has 2 aromatic rings. The van der Waals surface area contributed by atoms with Gasteiger partial charge in [-0.2, -0.15) is 0 Å². The summed E-state index contributed by atoms with van der Waals surface area (Å²) in [5.41, 5.74) is 3.51. The van der Waals surface area contributed by atoms with E-state index in [4.69, 9.17) is 21.3 Å². The van der Waals surface area contributed by atoms with Crippen LogP contribution >= 0.6 is 11.6 Å². The number of aryl methyl sites for hydroxylation is 2. The molecule has 2 N–H and O–H groups in total. The van der Waals surface area contributed by atoms with Crippen molar-refractivity contribution in [2.45, 2.75) is 107 Å². The Morgan fingerprint density at radius 2 is 2.04 bits per heavy atom. The summed E-state index contributed by atoms with van der Waals surface area (Å²) in [6.45, 7) is 5.80. The van der Waals surface area contributed by atoms with Crippen LogP contribution in [0.25, 0.3) is 0 Å². The zero-order valence-corrected chi connectivity index (χ0v) is 26.7. The van der Waals surface area contributed by atoms with Crippen molar-refractivity contribution < 1.29 is 23.4 Å². The summed E-state index contributed by atoms with van der Waals surface area (Å²) < 4.78 is 36.4. The summed E-state index contributed by atoms with van der Waals surface area (Å²) >= 11 is 6.71. The maximum absolute atomic E-state index is 14.0. The van der Waals surface area contributed by atoms with Crippen LogP contribution < -0.4 is 10.9 Å². The molecule has 0 bridgehead atoms. The van der Waals surface area contributed by atoms with Crippen LogP contribution in [0.4, 0.5) is 14.5 Å². The zero-order chi connectivity index (χ0) is 31.6. The highest BCUT2D eigenvalue weighted by Gasteiger charge is 2.60. The van der Waals surface area contributed by atoms with Gasteiger partial charge in [-0.3, -0.25) is 14.3 Å². The molecular formula is C34H43ClF2N4O4. The Balaban J connectivity index is 1.05. The Hall–Kier alpha value is -2.56. The van der Waals surface area contributed by atoms with Gasteiger partial charge in [0.15, 0.2) is 0 Å². The third kappa shape index (κ3) is 5.69. The van der Waals surface area contributed by atoms with Crippen LogP contribution in [0.5, 0.6) is 0 Å². The standard InChI is InChI=1S/C34H43ClF2N4O4/c1-18-12-25(23-4-3-5-24(33(43)44)31(23)38-18)26-13-21(35)6-9-30(26)45-11-10-41-19(2)39-29-8-7-22(14-27(29)32(41)42)40-16-20-15-34(36,37)28(20)17-40/h3-5,18,20-22,25-26,28,30,38H,6-17H2,1-2H3,(H,43,44)/t18?,20-,21?,22-,25?,26?,28?,30?/m0/s1. The van der Waals surface area contributed by atoms with Gasteiger partial charge >= 0.3 is 5.97 Å². The average Bonchev–Trinajstić information content (AvgIpc) is 3.37. The molecule has 2 aliphatic heterocycles. The molecule has 2 saturated carbocycles. The van der Waals surface area contributed by atoms with Crippen LogP contribution in [-0.4, -0.2) is 74.7 Å². The summed E-state index contributed by atoms with van der Waals surface area (Å²) in [5, 5.41) is 13.3. The van der Waals surface area contributed by atoms with Crippen LogP contribution in [0, 0.1) is 24.7 Å². The third-order valence-corrected chi connectivity index (χ3v) is 11.8. The first-order valence-electron chi connectivity index (χ1n) is 16.6. The molecule has 3 heterocycles. The number of ether oxygens (including phenoxy) is 1. The maximum atomic E-state index is 14.0. The van der Waals surface area contributed by atoms with E-state index in [1.807, 2.05) is 19.1 Å². The lowest BCUT2D eigenvalue weighted by molar-refractivity contribution is -0.152. The first kappa shape index (κ1) is 31.1. The number of anilines is 1. The number of hydrogen-bond donors (Lipinski definition) is 2. The van der Waals surface area contributed by atoms with E-state index in [1.165, 1.54) is 0 Å². The highest BCUT2D eigenvalue weighted by Crippen LogP contribution is 2.53. The van der Waals surface area contributed by atoms with Crippen molar-refractivity contribution in [3.8, 4) is 0 Å². The molecule has 11 heteroatoms. The van der Waals surface area contributed by atoms with Gasteiger partial charge in [0.25, 0.3) is 11.5 Å². The van der Waals surface area contributed by atoms with Crippen LogP contribution in [0.15, 0.2) is 23.0 Å². The number of carboxylic acids is 1. The molecule has 45 heavy (non-hydrogen) atoms. The molecular weight excluding hydrogens is 602 g/mol. The van der Waals surface area contributed by atoms with Crippen LogP contribution in [-0.2, 0) is 24.1 Å². The Labute approximate surface area is 267 Å². The van der Waals surface area contributed by atoms with E-state index in [0.29, 0.717) is 50.6 Å². The molecule has 0 spiro atoms. The van der Waals surface area contributed by atoms with E-state index < -0.39 is 17.8 Å². The normalized spacial score (nSPS) is 33.8. The molecule has 244 valence electrons. The molecule has 3 fully saturated rings. The molecule has 1 aromatic carbocycles. The van der Waals surface area contributed by atoms with Crippen molar-refractivity contribution >= 4 is 23.3 Å². The van der Waals surface area contributed by atoms with Gasteiger partial charge in [-0.25, -0.2) is 18.6 Å². The number of likely N-dealkylation sites (tertiary alicyclic amines) is 1. The molecule has 8 nitrogen and oxygen atoms in total. The minimum Gasteiger partial charge on any atom is -0.478 e. The second-order valence-corrected chi connectivity index (χ2v) is 14.8. The number of aromatic carboxylic acids is 1. The summed E-state index contributed by atoms with van der Waals surface area (Å²) in [6.07, 6.45) is 5.31. The molecule has 1 saturated heterocycles. The first-order chi connectivity index (χ1) is 21.5. The first-order valence-corrected chi connectivity index (χ1v) is 17.0. The number of para-hydroxylation sites is 1. The number of nitrogens with zero attached hydrogens (tertiary/aromatic N) is 3. The fourth-order valence-electron chi connectivity index (χ4n) is 9.10. The van der Waals surface area contributed by atoms with Gasteiger partial charge in [0, 0.05) is 48.5 Å². The van der Waals surface area contributed by atoms with Gasteiger partial charge in [-0.05, 0) is 88.2 Å². The van der Waals surface area contributed by atoms with Crippen molar-refractivity contribution in [3.05, 3.63) is 56.8 Å². The second kappa shape index (κ2) is 11.9. The van der Waals surface area contributed by atoms with Gasteiger partial charge in [-0.1, -0.05) is 12.1 Å². The van der Waals surface area contributed by atoms with Crippen molar-refractivity contribution in [3.63, 3.8) is 0 Å². The van der Waals surface area contributed by atoms with Crippen molar-refractivity contribution in [2.75, 3.05) is 25.0 Å². The number of hydrogen-bond acceptors (Lipinski definition) is 6. The molecule has 3 aliphatic carbocycles. The van der Waals surface area contributed by atoms with Gasteiger partial charge in [0.1, 0.15) is 5.82 Å². The Kier molecular flexibility index (Phi) is 8.22. The number of fused-ring (bicyclic) bond motifs is 3. The van der Waals surface area contributed by atoms with Gasteiger partial charge in [0.2, 0.25) is 0 Å². The lowest BCUT2D eigenvalue weighted by Crippen LogP contribution is -2.46. The highest BCUT2D eigenvalue weighted by atomic mass is 35.5. The minimum absolute atomic E-state index is 0.00895. The van der Waals surface area contributed by atoms with E-state index in [2.05, 4.69) is 17.1 Å². The summed E-state index contributed by atoms with van der Waals surface area (Å²) in [7, 11) is 0. The van der Waals surface area contributed by atoms with E-state index in [1.54, 1.807) is 10.6 Å². The maximum Gasteiger partial charge on any atom is 0.337 e. The van der Waals surface area contributed by atoms with Crippen molar-refractivity contribution in [1.29, 1.82) is 0 Å². The molecule has 0 radical (unpaired) electrons. The largest absolute Gasteiger partial charge is 0.478 e. The monoisotopic (exact) mass is 644 g/mol. The van der Waals surface area contributed by atoms with Crippen LogP contribution in [0.3, 0.4) is 0 Å². The van der Waals surface area contributed by atoms with E-state index in [0.717, 1.165) is 48.9 Å². The molecule has 1 aromatic heterocycles. The third-order valence-electron chi connectivity index (χ3n) is 11.4. The number of carboxylic acid groups (broad SMARTS) is 1. The number of alkyl halides is 3. The van der Waals surface area contributed by atoms with Gasteiger partial charge in [0.05, 0.1) is 36.2 Å². The minimum atomic E-state index is -2.55. The van der Waals surface area contributed by atoms with Crippen molar-refractivity contribution in [1.82, 2.24) is 14.5 Å². The summed E-state index contributed by atoms with van der Waals surface area (Å²) in [4.78, 5) is 32.8. The van der Waals surface area contributed by atoms with Crippen molar-refractivity contribution in [2.24, 2.45) is 17.8 Å². The Morgan fingerprint density at radius 3 is 2.80 bits per heavy atom. The topological polar surface area (TPSA) is 96.7 Å². The fourth-order valence-corrected chi connectivity index (χ4v) is 9.43. The van der Waals surface area contributed by atoms with Gasteiger partial charge in [-0.15, -0.1) is 11.6 Å². The predicted molar refractivity (Wildman–Crippen MR) is 168 cm³/mol. The van der Waals surface area contributed by atoms with E-state index >= 15 is 0 Å². The zero-order valence-electron chi connectivity index (χ0n) is 26.0. The van der Waals surface area contributed by atoms with Gasteiger partial charge < -0.3 is 15.2 Å². The van der Waals surface area contributed by atoms with E-state index in [-0.39, 0.29) is 58.9 Å². The summed E-state index contributed by atoms with van der Waals surface area (Å²) in [5.74, 6) is -3.06. The SMILES string of the molecule is Cc1nc2c(c(=O)n1CCOC1CCC(Cl)CC1C1CC(C)Nc3c(C(=O)O)cccc31)C[C@@H](N1CC3[C@H](C1)CC3(F)F)CC2. The quantitative estimate of drug-likeness (QED) is 0.386. The highest BCUT2D eigenvalue weighted by molar-refractivity contribution is 6.20. The number of benzene rings is 1. The van der Waals surface area contributed by atoms with Crippen LogP contribution in [0.2, 0.25) is 0 Å². The lowest BCUT2D eigenvalue weighted by Gasteiger charge is -2.43. The number of aromatic nitrogens is 2. The smallest absolute Gasteiger partial charge is 0.337 e. The molecule has 5 aliphatic rings. The number of carbonyl (C=O) groups is 1. The summed E-state index contributed by atoms with van der Waals surface area (Å²) in [6, 6.07) is 5.69. The molecule has 8 atom stereocenters. The van der Waals surface area contributed by atoms with Crippen LogP contribution in [0.1, 0.15) is 84.4 Å².